The molecule has 1 aromatic carbocycles. The third-order valence-corrected chi connectivity index (χ3v) is 4.56. The first-order valence-electron chi connectivity index (χ1n) is 8.01. The van der Waals surface area contributed by atoms with Gasteiger partial charge in [-0.1, -0.05) is 29.8 Å². The van der Waals surface area contributed by atoms with E-state index < -0.39 is 0 Å². The third-order valence-electron chi connectivity index (χ3n) is 4.21. The van der Waals surface area contributed by atoms with Crippen molar-refractivity contribution in [2.45, 2.75) is 25.8 Å². The predicted octanol–water partition coefficient (Wildman–Crippen LogP) is 2.45. The Labute approximate surface area is 138 Å². The number of carbonyl (C=O) groups is 1. The van der Waals surface area contributed by atoms with Gasteiger partial charge < -0.3 is 10.6 Å². The molecule has 1 saturated heterocycles. The molecule has 1 heterocycles. The van der Waals surface area contributed by atoms with Crippen LogP contribution in [0.25, 0.3) is 0 Å². The molecule has 0 aromatic heterocycles. The maximum atomic E-state index is 12.3. The van der Waals surface area contributed by atoms with Gasteiger partial charge in [0.05, 0.1) is 12.6 Å². The topological polar surface area (TPSA) is 44.4 Å². The van der Waals surface area contributed by atoms with Crippen molar-refractivity contribution < 1.29 is 4.79 Å². The zero-order valence-electron chi connectivity index (χ0n) is 13.4. The van der Waals surface area contributed by atoms with Gasteiger partial charge in [0, 0.05) is 11.6 Å². The SMILES string of the molecule is CNCC1CCCN(CC(=O)NC(C)c2ccccc2Cl)C1. The van der Waals surface area contributed by atoms with Crippen molar-refractivity contribution >= 4 is 17.5 Å². The smallest absolute Gasteiger partial charge is 0.234 e. The summed E-state index contributed by atoms with van der Waals surface area (Å²) in [5, 5.41) is 6.98. The molecule has 1 amide bonds. The third kappa shape index (κ3) is 4.97. The molecule has 0 aliphatic carbocycles. The van der Waals surface area contributed by atoms with E-state index in [2.05, 4.69) is 15.5 Å². The second-order valence-corrected chi connectivity index (χ2v) is 6.52. The second kappa shape index (κ2) is 8.51. The minimum atomic E-state index is -0.0703. The highest BCUT2D eigenvalue weighted by Gasteiger charge is 2.22. The van der Waals surface area contributed by atoms with Gasteiger partial charge in [0.15, 0.2) is 0 Å². The van der Waals surface area contributed by atoms with Crippen LogP contribution in [0.1, 0.15) is 31.4 Å². The summed E-state index contributed by atoms with van der Waals surface area (Å²) in [6.07, 6.45) is 2.41. The second-order valence-electron chi connectivity index (χ2n) is 6.11. The Bertz CT molecular complexity index is 493. The van der Waals surface area contributed by atoms with Gasteiger partial charge in [0.25, 0.3) is 0 Å². The average Bonchev–Trinajstić information content (AvgIpc) is 2.48. The summed E-state index contributed by atoms with van der Waals surface area (Å²) in [6.45, 7) is 5.46. The van der Waals surface area contributed by atoms with E-state index in [-0.39, 0.29) is 11.9 Å². The molecule has 2 unspecified atom stereocenters. The lowest BCUT2D eigenvalue weighted by Crippen LogP contribution is -2.44. The average molecular weight is 324 g/mol. The van der Waals surface area contributed by atoms with E-state index in [1.54, 1.807) is 0 Å². The molecule has 0 saturated carbocycles. The van der Waals surface area contributed by atoms with Gasteiger partial charge in [-0.25, -0.2) is 0 Å². The largest absolute Gasteiger partial charge is 0.348 e. The van der Waals surface area contributed by atoms with Crippen LogP contribution in [0.5, 0.6) is 0 Å². The lowest BCUT2D eigenvalue weighted by Gasteiger charge is -2.32. The lowest BCUT2D eigenvalue weighted by molar-refractivity contribution is -0.123. The Kier molecular flexibility index (Phi) is 6.68. The van der Waals surface area contributed by atoms with Gasteiger partial charge in [-0.05, 0) is 57.5 Å². The molecule has 2 N–H and O–H groups in total. The quantitative estimate of drug-likeness (QED) is 0.845. The zero-order valence-corrected chi connectivity index (χ0v) is 14.2. The molecule has 1 aliphatic heterocycles. The normalized spacial score (nSPS) is 20.6. The summed E-state index contributed by atoms with van der Waals surface area (Å²) in [5.41, 5.74) is 0.962. The monoisotopic (exact) mass is 323 g/mol. The summed E-state index contributed by atoms with van der Waals surface area (Å²) < 4.78 is 0. The van der Waals surface area contributed by atoms with Crippen LogP contribution in [0.3, 0.4) is 0 Å². The molecule has 0 spiro atoms. The van der Waals surface area contributed by atoms with Crippen LogP contribution in [0.2, 0.25) is 5.02 Å². The van der Waals surface area contributed by atoms with Gasteiger partial charge in [-0.2, -0.15) is 0 Å². The van der Waals surface area contributed by atoms with Crippen LogP contribution >= 0.6 is 11.6 Å². The predicted molar refractivity (Wildman–Crippen MR) is 91.1 cm³/mol. The molecule has 1 aliphatic rings. The van der Waals surface area contributed by atoms with Gasteiger partial charge in [-0.15, -0.1) is 0 Å². The van der Waals surface area contributed by atoms with Crippen molar-refractivity contribution in [1.82, 2.24) is 15.5 Å². The Hall–Kier alpha value is -1.10. The number of amides is 1. The fourth-order valence-electron chi connectivity index (χ4n) is 3.14. The maximum absolute atomic E-state index is 12.3. The number of halogens is 1. The maximum Gasteiger partial charge on any atom is 0.234 e. The molecule has 5 heteroatoms. The summed E-state index contributed by atoms with van der Waals surface area (Å²) in [5.74, 6) is 0.713. The highest BCUT2D eigenvalue weighted by Crippen LogP contribution is 2.22. The van der Waals surface area contributed by atoms with Gasteiger partial charge in [-0.3, -0.25) is 9.69 Å². The number of carbonyl (C=O) groups excluding carboxylic acids is 1. The van der Waals surface area contributed by atoms with Crippen LogP contribution in [0.4, 0.5) is 0 Å². The van der Waals surface area contributed by atoms with E-state index in [4.69, 9.17) is 11.6 Å². The number of rotatable bonds is 6. The van der Waals surface area contributed by atoms with Crippen molar-refractivity contribution in [3.05, 3.63) is 34.9 Å². The van der Waals surface area contributed by atoms with E-state index in [0.717, 1.165) is 25.2 Å². The summed E-state index contributed by atoms with van der Waals surface area (Å²) in [7, 11) is 1.98. The molecule has 0 radical (unpaired) electrons. The van der Waals surface area contributed by atoms with Crippen molar-refractivity contribution in [2.75, 3.05) is 33.2 Å². The van der Waals surface area contributed by atoms with Crippen LogP contribution in [0, 0.1) is 5.92 Å². The first-order valence-corrected chi connectivity index (χ1v) is 8.38. The highest BCUT2D eigenvalue weighted by atomic mass is 35.5. The zero-order chi connectivity index (χ0) is 15.9. The molecular weight excluding hydrogens is 298 g/mol. The number of likely N-dealkylation sites (tertiary alicyclic amines) is 1. The number of hydrogen-bond acceptors (Lipinski definition) is 3. The van der Waals surface area contributed by atoms with Gasteiger partial charge in [0.2, 0.25) is 5.91 Å². The number of piperidine rings is 1. The standard InChI is InChI=1S/C17H26ClN3O/c1-13(15-7-3-4-8-16(15)18)20-17(22)12-21-9-5-6-14(11-21)10-19-2/h3-4,7-8,13-14,19H,5-6,9-12H2,1-2H3,(H,20,22). The van der Waals surface area contributed by atoms with Crippen LogP contribution in [-0.2, 0) is 4.79 Å². The molecule has 0 bridgehead atoms. The van der Waals surface area contributed by atoms with E-state index in [1.165, 1.54) is 12.8 Å². The van der Waals surface area contributed by atoms with Crippen molar-refractivity contribution in [1.29, 1.82) is 0 Å². The van der Waals surface area contributed by atoms with Gasteiger partial charge >= 0.3 is 0 Å². The molecule has 122 valence electrons. The van der Waals surface area contributed by atoms with Crippen LogP contribution < -0.4 is 10.6 Å². The minimum absolute atomic E-state index is 0.0672. The Morgan fingerprint density at radius 3 is 2.95 bits per heavy atom. The molecule has 1 fully saturated rings. The minimum Gasteiger partial charge on any atom is -0.348 e. The number of nitrogens with zero attached hydrogens (tertiary/aromatic N) is 1. The first kappa shape index (κ1) is 17.3. The van der Waals surface area contributed by atoms with E-state index in [0.29, 0.717) is 17.5 Å². The number of nitrogens with one attached hydrogen (secondary N) is 2. The van der Waals surface area contributed by atoms with E-state index in [1.807, 2.05) is 38.2 Å². The molecular formula is C17H26ClN3O. The highest BCUT2D eigenvalue weighted by molar-refractivity contribution is 6.31. The summed E-state index contributed by atoms with van der Waals surface area (Å²) >= 11 is 6.18. The fraction of sp³-hybridized carbons (Fsp3) is 0.588. The molecule has 22 heavy (non-hydrogen) atoms. The molecule has 4 nitrogen and oxygen atoms in total. The molecule has 2 rings (SSSR count). The van der Waals surface area contributed by atoms with Crippen molar-refractivity contribution in [3.63, 3.8) is 0 Å². The summed E-state index contributed by atoms with van der Waals surface area (Å²) in [4.78, 5) is 14.5. The van der Waals surface area contributed by atoms with Crippen LogP contribution in [-0.4, -0.2) is 44.0 Å². The summed E-state index contributed by atoms with van der Waals surface area (Å²) in [6, 6.07) is 7.58. The molecule has 1 aromatic rings. The van der Waals surface area contributed by atoms with Gasteiger partial charge in [0.1, 0.15) is 0 Å². The molecule has 2 atom stereocenters. The lowest BCUT2D eigenvalue weighted by atomic mass is 9.98. The number of hydrogen-bond donors (Lipinski definition) is 2. The van der Waals surface area contributed by atoms with Crippen LogP contribution in [0.15, 0.2) is 24.3 Å². The Morgan fingerprint density at radius 1 is 1.45 bits per heavy atom. The fourth-order valence-corrected chi connectivity index (χ4v) is 3.44. The van der Waals surface area contributed by atoms with Crippen molar-refractivity contribution in [3.8, 4) is 0 Å². The first-order chi connectivity index (χ1) is 10.6. The van der Waals surface area contributed by atoms with E-state index in [9.17, 15) is 4.79 Å². The van der Waals surface area contributed by atoms with E-state index >= 15 is 0 Å². The van der Waals surface area contributed by atoms with Crippen molar-refractivity contribution in [2.24, 2.45) is 5.92 Å². The Morgan fingerprint density at radius 2 is 2.23 bits per heavy atom. The number of benzene rings is 1. The Balaban J connectivity index is 1.83.